The summed E-state index contributed by atoms with van der Waals surface area (Å²) < 4.78 is 5.94. The molecular formula is C27H36N2O3. The number of nitrogens with zero attached hydrogens (tertiary/aromatic N) is 1. The Labute approximate surface area is 191 Å². The van der Waals surface area contributed by atoms with Crippen molar-refractivity contribution >= 4 is 5.97 Å². The molecule has 1 aliphatic heterocycles. The third-order valence-corrected chi connectivity index (χ3v) is 7.31. The lowest BCUT2D eigenvalue weighted by Crippen LogP contribution is -2.45. The zero-order valence-electron chi connectivity index (χ0n) is 18.9. The number of aliphatic hydroxyl groups is 1. The van der Waals surface area contributed by atoms with Gasteiger partial charge in [0.05, 0.1) is 6.61 Å². The first-order chi connectivity index (χ1) is 15.7. The number of esters is 1. The molecule has 1 saturated heterocycles. The summed E-state index contributed by atoms with van der Waals surface area (Å²) in [6, 6.07) is 13.4. The van der Waals surface area contributed by atoms with Gasteiger partial charge in [-0.1, -0.05) is 55.7 Å². The molecule has 2 unspecified atom stereocenters. The summed E-state index contributed by atoms with van der Waals surface area (Å²) in [5.41, 5.74) is 0.145. The summed E-state index contributed by atoms with van der Waals surface area (Å²) in [5, 5.41) is 15.3. The molecule has 1 saturated carbocycles. The highest BCUT2D eigenvalue weighted by molar-refractivity contribution is 5.81. The zero-order valence-corrected chi connectivity index (χ0v) is 18.9. The molecule has 2 fully saturated rings. The van der Waals surface area contributed by atoms with Crippen LogP contribution in [-0.4, -0.2) is 35.8 Å². The fraction of sp³-hybridized carbons (Fsp3) is 0.556. The van der Waals surface area contributed by atoms with Crippen molar-refractivity contribution in [2.75, 3.05) is 19.7 Å². The molecule has 2 aliphatic rings. The molecular weight excluding hydrogens is 400 g/mol. The lowest BCUT2D eigenvalue weighted by molar-refractivity contribution is -0.176. The van der Waals surface area contributed by atoms with Gasteiger partial charge in [-0.3, -0.25) is 4.98 Å². The standard InChI is InChI=1S/C27H36N2O3/c30-26(27(31,24-11-3-1-4-12-24)25-13-5-2-6-14-25)32-20-23(22-10-8-16-29-19-22)17-21-9-7-15-28-18-21/h1,3-4,8,10-12,16,19,21,23,25,28,31H,2,5-7,9,13-15,17-18,20H2/t21-,23?,27?/m1/s1. The Hall–Kier alpha value is -2.24. The number of pyridine rings is 1. The Morgan fingerprint density at radius 1 is 1.09 bits per heavy atom. The SMILES string of the molecule is O=C(OCC(C[C@H]1CCCNC1)c1cccnc1)C(O)(c1ccccc1)C1CCCCC1. The van der Waals surface area contributed by atoms with Crippen LogP contribution in [-0.2, 0) is 15.1 Å². The van der Waals surface area contributed by atoms with Gasteiger partial charge in [-0.05, 0) is 68.3 Å². The van der Waals surface area contributed by atoms with Crippen molar-refractivity contribution in [2.24, 2.45) is 11.8 Å². The number of carbonyl (C=O) groups excluding carboxylic acids is 1. The second kappa shape index (κ2) is 11.1. The second-order valence-electron chi connectivity index (χ2n) is 9.50. The van der Waals surface area contributed by atoms with Gasteiger partial charge in [0.15, 0.2) is 5.60 Å². The van der Waals surface area contributed by atoms with Gasteiger partial charge >= 0.3 is 5.97 Å². The highest BCUT2D eigenvalue weighted by Gasteiger charge is 2.47. The third kappa shape index (κ3) is 5.38. The molecule has 1 aromatic heterocycles. The van der Waals surface area contributed by atoms with E-state index in [1.54, 1.807) is 6.20 Å². The van der Waals surface area contributed by atoms with Crippen molar-refractivity contribution in [1.29, 1.82) is 0 Å². The molecule has 2 N–H and O–H groups in total. The smallest absolute Gasteiger partial charge is 0.343 e. The van der Waals surface area contributed by atoms with E-state index in [2.05, 4.69) is 16.4 Å². The first kappa shape index (κ1) is 22.9. The average molecular weight is 437 g/mol. The Bertz CT molecular complexity index is 832. The lowest BCUT2D eigenvalue weighted by atomic mass is 9.73. The summed E-state index contributed by atoms with van der Waals surface area (Å²) in [7, 11) is 0. The van der Waals surface area contributed by atoms with Crippen molar-refractivity contribution in [2.45, 2.75) is 62.9 Å². The predicted molar refractivity (Wildman–Crippen MR) is 125 cm³/mol. The number of aromatic nitrogens is 1. The monoisotopic (exact) mass is 436 g/mol. The largest absolute Gasteiger partial charge is 0.463 e. The highest BCUT2D eigenvalue weighted by atomic mass is 16.5. The van der Waals surface area contributed by atoms with E-state index in [4.69, 9.17) is 4.74 Å². The van der Waals surface area contributed by atoms with Gasteiger partial charge in [0.1, 0.15) is 0 Å². The van der Waals surface area contributed by atoms with Gasteiger partial charge in [-0.25, -0.2) is 4.79 Å². The molecule has 4 rings (SSSR count). The molecule has 0 bridgehead atoms. The number of nitrogens with one attached hydrogen (secondary N) is 1. The minimum atomic E-state index is -1.59. The van der Waals surface area contributed by atoms with Crippen LogP contribution in [0.4, 0.5) is 0 Å². The summed E-state index contributed by atoms with van der Waals surface area (Å²) >= 11 is 0. The predicted octanol–water partition coefficient (Wildman–Crippen LogP) is 4.57. The van der Waals surface area contributed by atoms with Crippen LogP contribution in [0.15, 0.2) is 54.9 Å². The van der Waals surface area contributed by atoms with E-state index in [1.165, 1.54) is 12.8 Å². The second-order valence-corrected chi connectivity index (χ2v) is 9.50. The molecule has 1 aliphatic carbocycles. The molecule has 5 nitrogen and oxygen atoms in total. The van der Waals surface area contributed by atoms with E-state index in [9.17, 15) is 9.90 Å². The van der Waals surface area contributed by atoms with Crippen LogP contribution in [0.5, 0.6) is 0 Å². The first-order valence-electron chi connectivity index (χ1n) is 12.2. The van der Waals surface area contributed by atoms with Gasteiger partial charge in [0.2, 0.25) is 0 Å². The number of benzene rings is 1. The van der Waals surface area contributed by atoms with E-state index in [-0.39, 0.29) is 18.4 Å². The lowest BCUT2D eigenvalue weighted by Gasteiger charge is -2.37. The van der Waals surface area contributed by atoms with E-state index in [0.29, 0.717) is 11.5 Å². The quantitative estimate of drug-likeness (QED) is 0.593. The molecule has 0 radical (unpaired) electrons. The molecule has 1 aromatic carbocycles. The molecule has 5 heteroatoms. The molecule has 32 heavy (non-hydrogen) atoms. The summed E-state index contributed by atoms with van der Waals surface area (Å²) in [4.78, 5) is 17.8. The Morgan fingerprint density at radius 2 is 1.91 bits per heavy atom. The van der Waals surface area contributed by atoms with Crippen LogP contribution in [0.2, 0.25) is 0 Å². The van der Waals surface area contributed by atoms with Crippen LogP contribution in [0.1, 0.15) is 68.4 Å². The van der Waals surface area contributed by atoms with Crippen molar-refractivity contribution < 1.29 is 14.6 Å². The van der Waals surface area contributed by atoms with Crippen LogP contribution in [0.3, 0.4) is 0 Å². The normalized spacial score (nSPS) is 22.6. The van der Waals surface area contributed by atoms with Gasteiger partial charge in [0, 0.05) is 24.2 Å². The maximum absolute atomic E-state index is 13.5. The number of hydrogen-bond acceptors (Lipinski definition) is 5. The summed E-state index contributed by atoms with van der Waals surface area (Å²) in [6.45, 7) is 2.35. The van der Waals surface area contributed by atoms with Crippen molar-refractivity contribution in [3.8, 4) is 0 Å². The van der Waals surface area contributed by atoms with E-state index in [0.717, 1.165) is 57.2 Å². The Kier molecular flexibility index (Phi) is 7.93. The molecule has 172 valence electrons. The number of rotatable bonds is 8. The maximum Gasteiger partial charge on any atom is 0.343 e. The van der Waals surface area contributed by atoms with E-state index < -0.39 is 11.6 Å². The topological polar surface area (TPSA) is 71.5 Å². The van der Waals surface area contributed by atoms with Gasteiger partial charge in [-0.2, -0.15) is 0 Å². The Balaban J connectivity index is 1.51. The van der Waals surface area contributed by atoms with Crippen molar-refractivity contribution in [3.63, 3.8) is 0 Å². The van der Waals surface area contributed by atoms with Crippen LogP contribution in [0, 0.1) is 11.8 Å². The van der Waals surface area contributed by atoms with Crippen LogP contribution < -0.4 is 5.32 Å². The average Bonchev–Trinajstić information content (AvgIpc) is 2.88. The van der Waals surface area contributed by atoms with Crippen LogP contribution >= 0.6 is 0 Å². The molecule has 2 aromatic rings. The fourth-order valence-electron chi connectivity index (χ4n) is 5.46. The maximum atomic E-state index is 13.5. The van der Waals surface area contributed by atoms with Gasteiger partial charge < -0.3 is 15.2 Å². The number of piperidine rings is 1. The molecule has 0 spiro atoms. The third-order valence-electron chi connectivity index (χ3n) is 7.31. The first-order valence-corrected chi connectivity index (χ1v) is 12.2. The van der Waals surface area contributed by atoms with Crippen LogP contribution in [0.25, 0.3) is 0 Å². The minimum absolute atomic E-state index is 0.0731. The molecule has 2 heterocycles. The number of hydrogen-bond donors (Lipinski definition) is 2. The summed E-state index contributed by atoms with van der Waals surface area (Å²) in [5.74, 6) is 0.0136. The zero-order chi connectivity index (χ0) is 22.2. The number of carbonyl (C=O) groups is 1. The highest BCUT2D eigenvalue weighted by Crippen LogP contribution is 2.40. The Morgan fingerprint density at radius 3 is 2.59 bits per heavy atom. The number of ether oxygens (including phenoxy) is 1. The van der Waals surface area contributed by atoms with Gasteiger partial charge in [0.25, 0.3) is 0 Å². The molecule has 3 atom stereocenters. The minimum Gasteiger partial charge on any atom is -0.463 e. The van der Waals surface area contributed by atoms with Gasteiger partial charge in [-0.15, -0.1) is 0 Å². The van der Waals surface area contributed by atoms with E-state index in [1.807, 2.05) is 42.6 Å². The van der Waals surface area contributed by atoms with Crippen molar-refractivity contribution in [1.82, 2.24) is 10.3 Å². The fourth-order valence-corrected chi connectivity index (χ4v) is 5.46. The van der Waals surface area contributed by atoms with E-state index >= 15 is 0 Å². The molecule has 0 amide bonds. The van der Waals surface area contributed by atoms with Crippen molar-refractivity contribution in [3.05, 3.63) is 66.0 Å². The summed E-state index contributed by atoms with van der Waals surface area (Å²) in [6.07, 6.45) is 11.9.